The summed E-state index contributed by atoms with van der Waals surface area (Å²) in [5, 5.41) is 0. The fraction of sp³-hybridized carbons (Fsp3) is 0.274. The molecule has 3 unspecified atom stereocenters. The first-order valence-electron chi connectivity index (χ1n) is 23.5. The molecule has 64 heavy (non-hydrogen) atoms. The van der Waals surface area contributed by atoms with E-state index in [4.69, 9.17) is 9.73 Å². The predicted octanol–water partition coefficient (Wildman–Crippen LogP) is 16.6. The topological polar surface area (TPSA) is 21.6 Å². The van der Waals surface area contributed by atoms with Crippen LogP contribution < -0.4 is 4.74 Å². The van der Waals surface area contributed by atoms with E-state index in [1.54, 1.807) is 0 Å². The molecule has 0 saturated heterocycles. The zero-order valence-electron chi connectivity index (χ0n) is 38.9. The standard InChI is InChI=1S/C62H61NO/c1-40-30-38-55(44-19-10-9-11-20-44)63-56(39-48(40)43-33-31-42(32-34-43)45-35-37-49(60(3,4)5)41(2)29-36-50(45)61(6,7)8)47-22-18-26-54-59(47)46-21-12-13-23-51(46)62(54)52-24-14-16-27-57(52)64-58-28-17-15-25-53(58)62/h9-28,31-37,39-41,48H,29-30,38H2,1-8H3/b45-35-,49-37?,50-36-,56-39-,63-55?. The van der Waals surface area contributed by atoms with E-state index in [0.29, 0.717) is 11.8 Å². The second-order valence-electron chi connectivity index (χ2n) is 20.7. The summed E-state index contributed by atoms with van der Waals surface area (Å²) >= 11 is 0. The molecule has 0 amide bonds. The third-order valence-corrected chi connectivity index (χ3v) is 14.5. The molecule has 0 aromatic heterocycles. The normalized spacial score (nSPS) is 22.7. The van der Waals surface area contributed by atoms with Crippen molar-refractivity contribution in [2.75, 3.05) is 0 Å². The fourth-order valence-electron chi connectivity index (χ4n) is 11.4. The largest absolute Gasteiger partial charge is 0.457 e. The molecule has 0 bridgehead atoms. The Morgan fingerprint density at radius 3 is 1.86 bits per heavy atom. The molecule has 2 heteroatoms. The highest BCUT2D eigenvalue weighted by atomic mass is 16.5. The quantitative estimate of drug-likeness (QED) is 0.173. The van der Waals surface area contributed by atoms with Gasteiger partial charge in [0, 0.05) is 28.3 Å². The Morgan fingerprint density at radius 2 is 1.19 bits per heavy atom. The molecule has 320 valence electrons. The number of benzene rings is 6. The molecule has 4 aliphatic rings. The van der Waals surface area contributed by atoms with Crippen LogP contribution in [0.25, 0.3) is 22.4 Å². The summed E-state index contributed by atoms with van der Waals surface area (Å²) in [6.45, 7) is 18.9. The van der Waals surface area contributed by atoms with E-state index in [0.717, 1.165) is 42.2 Å². The molecule has 3 atom stereocenters. The van der Waals surface area contributed by atoms with Crippen molar-refractivity contribution < 1.29 is 4.74 Å². The highest BCUT2D eigenvalue weighted by Gasteiger charge is 2.51. The van der Waals surface area contributed by atoms with Crippen molar-refractivity contribution in [2.45, 2.75) is 86.0 Å². The average molecular weight is 836 g/mol. The lowest BCUT2D eigenvalue weighted by atomic mass is 9.66. The molecule has 2 heterocycles. The number of allylic oxidation sites excluding steroid dienone is 7. The van der Waals surface area contributed by atoms with E-state index < -0.39 is 5.41 Å². The molecular formula is C62H61NO. The Hall–Kier alpha value is -6.25. The molecule has 0 fully saturated rings. The van der Waals surface area contributed by atoms with Crippen molar-refractivity contribution in [1.82, 2.24) is 0 Å². The van der Waals surface area contributed by atoms with Gasteiger partial charge in [-0.3, -0.25) is 4.99 Å². The number of para-hydroxylation sites is 2. The molecular weight excluding hydrogens is 775 g/mol. The summed E-state index contributed by atoms with van der Waals surface area (Å²) in [7, 11) is 0. The number of hydrogen-bond donors (Lipinski definition) is 0. The summed E-state index contributed by atoms with van der Waals surface area (Å²) in [6.07, 6.45) is 12.9. The monoisotopic (exact) mass is 835 g/mol. The van der Waals surface area contributed by atoms with Crippen LogP contribution in [-0.2, 0) is 5.41 Å². The minimum atomic E-state index is -0.545. The first-order valence-corrected chi connectivity index (χ1v) is 23.5. The summed E-state index contributed by atoms with van der Waals surface area (Å²) in [4.78, 5) is 5.77. The van der Waals surface area contributed by atoms with Crippen LogP contribution in [0.15, 0.2) is 186 Å². The van der Waals surface area contributed by atoms with Crippen molar-refractivity contribution in [3.63, 3.8) is 0 Å². The van der Waals surface area contributed by atoms with Gasteiger partial charge in [0.15, 0.2) is 0 Å². The number of fused-ring (bicyclic) bond motifs is 9. The SMILES string of the molecule is CC1C/C=C(C(C)(C)C)/C(c2ccc(C3/C=C(/c4cccc5c4-c4ccccc4C54c5ccccc5Oc5ccccc54)N=C(c4ccccc4)CCC3C)cc2)=C\C=C1C(C)(C)C. The molecule has 10 rings (SSSR count). The second kappa shape index (κ2) is 16.1. The smallest absolute Gasteiger partial charge is 0.132 e. The predicted molar refractivity (Wildman–Crippen MR) is 269 cm³/mol. The van der Waals surface area contributed by atoms with Crippen LogP contribution in [0, 0.1) is 22.7 Å². The van der Waals surface area contributed by atoms with E-state index in [1.807, 2.05) is 0 Å². The van der Waals surface area contributed by atoms with Gasteiger partial charge in [-0.2, -0.15) is 0 Å². The van der Waals surface area contributed by atoms with Crippen molar-refractivity contribution in [3.8, 4) is 22.6 Å². The van der Waals surface area contributed by atoms with Crippen LogP contribution >= 0.6 is 0 Å². The zero-order chi connectivity index (χ0) is 44.4. The van der Waals surface area contributed by atoms with E-state index in [1.165, 1.54) is 72.4 Å². The number of rotatable bonds is 4. The molecule has 2 nitrogen and oxygen atoms in total. The number of ether oxygens (including phenoxy) is 1. The Kier molecular flexibility index (Phi) is 10.5. The van der Waals surface area contributed by atoms with Gasteiger partial charge in [0.25, 0.3) is 0 Å². The maximum absolute atomic E-state index is 6.67. The van der Waals surface area contributed by atoms with Gasteiger partial charge in [0.1, 0.15) is 11.5 Å². The van der Waals surface area contributed by atoms with Gasteiger partial charge >= 0.3 is 0 Å². The van der Waals surface area contributed by atoms with Gasteiger partial charge in [0.2, 0.25) is 0 Å². The fourth-order valence-corrected chi connectivity index (χ4v) is 11.4. The minimum absolute atomic E-state index is 0.0133. The van der Waals surface area contributed by atoms with Crippen molar-refractivity contribution >= 4 is 17.0 Å². The summed E-state index contributed by atoms with van der Waals surface area (Å²) in [5.74, 6) is 2.85. The Balaban J connectivity index is 1.16. The summed E-state index contributed by atoms with van der Waals surface area (Å²) in [5.41, 5.74) is 18.4. The molecule has 6 aromatic rings. The highest BCUT2D eigenvalue weighted by Crippen LogP contribution is 2.63. The molecule has 0 N–H and O–H groups in total. The van der Waals surface area contributed by atoms with E-state index in [9.17, 15) is 0 Å². The molecule has 1 spiro atoms. The second-order valence-corrected chi connectivity index (χ2v) is 20.7. The third kappa shape index (κ3) is 7.07. The van der Waals surface area contributed by atoms with Crippen LogP contribution in [0.2, 0.25) is 0 Å². The lowest BCUT2D eigenvalue weighted by Gasteiger charge is -2.39. The van der Waals surface area contributed by atoms with Crippen LogP contribution in [0.5, 0.6) is 11.5 Å². The maximum Gasteiger partial charge on any atom is 0.132 e. The first-order chi connectivity index (χ1) is 30.8. The number of aliphatic imine (C=N–C) groups is 1. The Labute approximate surface area is 381 Å². The summed E-state index contributed by atoms with van der Waals surface area (Å²) < 4.78 is 6.67. The Bertz CT molecular complexity index is 2870. The van der Waals surface area contributed by atoms with Gasteiger partial charge in [-0.15, -0.1) is 0 Å². The van der Waals surface area contributed by atoms with Crippen LogP contribution in [0.1, 0.15) is 125 Å². The lowest BCUT2D eigenvalue weighted by molar-refractivity contribution is 0.433. The Morgan fingerprint density at radius 1 is 0.578 bits per heavy atom. The number of hydrogen-bond acceptors (Lipinski definition) is 2. The van der Waals surface area contributed by atoms with E-state index in [2.05, 4.69) is 225 Å². The minimum Gasteiger partial charge on any atom is -0.457 e. The lowest BCUT2D eigenvalue weighted by Crippen LogP contribution is -2.32. The number of nitrogens with zero attached hydrogens (tertiary/aromatic N) is 1. The van der Waals surface area contributed by atoms with Crippen molar-refractivity contribution in [3.05, 3.63) is 226 Å². The molecule has 2 aliphatic carbocycles. The van der Waals surface area contributed by atoms with Crippen LogP contribution in [0.3, 0.4) is 0 Å². The van der Waals surface area contributed by atoms with Crippen molar-refractivity contribution in [1.29, 1.82) is 0 Å². The summed E-state index contributed by atoms with van der Waals surface area (Å²) in [6, 6.07) is 53.6. The molecule has 6 aromatic carbocycles. The van der Waals surface area contributed by atoms with Crippen molar-refractivity contribution in [2.24, 2.45) is 27.7 Å². The molecule has 2 aliphatic heterocycles. The zero-order valence-corrected chi connectivity index (χ0v) is 38.9. The first kappa shape index (κ1) is 41.7. The van der Waals surface area contributed by atoms with Crippen LogP contribution in [-0.4, -0.2) is 5.71 Å². The maximum atomic E-state index is 6.67. The molecule has 0 saturated carbocycles. The van der Waals surface area contributed by atoms with E-state index in [-0.39, 0.29) is 16.7 Å². The highest BCUT2D eigenvalue weighted by molar-refractivity contribution is 6.05. The van der Waals surface area contributed by atoms with Gasteiger partial charge < -0.3 is 4.74 Å². The van der Waals surface area contributed by atoms with Gasteiger partial charge in [-0.1, -0.05) is 219 Å². The van der Waals surface area contributed by atoms with Crippen LogP contribution in [0.4, 0.5) is 0 Å². The van der Waals surface area contributed by atoms with Gasteiger partial charge in [-0.05, 0) is 104 Å². The van der Waals surface area contributed by atoms with E-state index >= 15 is 0 Å². The average Bonchev–Trinajstić information content (AvgIpc) is 3.57. The molecule has 0 radical (unpaired) electrons. The van der Waals surface area contributed by atoms with Gasteiger partial charge in [0.05, 0.1) is 11.1 Å². The van der Waals surface area contributed by atoms with Gasteiger partial charge in [-0.25, -0.2) is 0 Å². The third-order valence-electron chi connectivity index (χ3n) is 14.5.